The molecule has 4 aliphatic carbocycles. The number of ketones is 1. The number of allylic oxidation sites excluding steroid dienone is 1. The van der Waals surface area contributed by atoms with Crippen LogP contribution >= 0.6 is 0 Å². The third-order valence-corrected chi connectivity index (χ3v) is 11.4. The van der Waals surface area contributed by atoms with Gasteiger partial charge in [-0.1, -0.05) is 13.8 Å². The summed E-state index contributed by atoms with van der Waals surface area (Å²) in [6, 6.07) is 0. The van der Waals surface area contributed by atoms with E-state index in [9.17, 15) is 34.5 Å². The third kappa shape index (κ3) is 5.91. The van der Waals surface area contributed by atoms with E-state index in [2.05, 4.69) is 0 Å². The Bertz CT molecular complexity index is 1180. The molecule has 0 aromatic heterocycles. The van der Waals surface area contributed by atoms with Crippen LogP contribution in [0.4, 0.5) is 0 Å². The second-order valence-electron chi connectivity index (χ2n) is 14.9. The van der Waals surface area contributed by atoms with Crippen LogP contribution in [0.15, 0.2) is 11.6 Å². The van der Waals surface area contributed by atoms with E-state index in [4.69, 9.17) is 14.2 Å². The lowest BCUT2D eigenvalue weighted by atomic mass is 9.45. The van der Waals surface area contributed by atoms with Crippen molar-refractivity contribution in [2.45, 2.75) is 142 Å². The molecule has 0 spiro atoms. The van der Waals surface area contributed by atoms with Crippen molar-refractivity contribution in [2.75, 3.05) is 0 Å². The summed E-state index contributed by atoms with van der Waals surface area (Å²) in [7, 11) is 0. The molecule has 43 heavy (non-hydrogen) atoms. The first-order chi connectivity index (χ1) is 19.7. The molecular formula is C33H50O10. The molecule has 10 heteroatoms. The summed E-state index contributed by atoms with van der Waals surface area (Å²) in [6.07, 6.45) is 2.26. The van der Waals surface area contributed by atoms with E-state index in [-0.39, 0.29) is 24.5 Å². The summed E-state index contributed by atoms with van der Waals surface area (Å²) in [4.78, 5) is 49.7. The van der Waals surface area contributed by atoms with Crippen molar-refractivity contribution < 1.29 is 48.7 Å². The van der Waals surface area contributed by atoms with E-state index in [1.807, 2.05) is 13.8 Å². The fraction of sp³-hybridized carbons (Fsp3) is 0.818. The monoisotopic (exact) mass is 606 g/mol. The van der Waals surface area contributed by atoms with E-state index >= 15 is 0 Å². The highest BCUT2D eigenvalue weighted by Gasteiger charge is 2.69. The summed E-state index contributed by atoms with van der Waals surface area (Å²) < 4.78 is 16.8. The van der Waals surface area contributed by atoms with Crippen LogP contribution in [-0.2, 0) is 33.4 Å². The van der Waals surface area contributed by atoms with E-state index < -0.39 is 75.7 Å². The maximum absolute atomic E-state index is 13.8. The van der Waals surface area contributed by atoms with Crippen LogP contribution in [-0.4, -0.2) is 74.1 Å². The summed E-state index contributed by atoms with van der Waals surface area (Å²) in [5, 5.41) is 35.0. The number of esters is 3. The minimum Gasteiger partial charge on any atom is -0.459 e. The molecule has 3 fully saturated rings. The van der Waals surface area contributed by atoms with Crippen molar-refractivity contribution in [3.63, 3.8) is 0 Å². The predicted octanol–water partition coefficient (Wildman–Crippen LogP) is 3.57. The van der Waals surface area contributed by atoms with Crippen LogP contribution in [0, 0.1) is 28.6 Å². The van der Waals surface area contributed by atoms with Gasteiger partial charge in [0.15, 0.2) is 5.78 Å². The molecule has 0 aromatic rings. The smallest absolute Gasteiger partial charge is 0.303 e. The fourth-order valence-electron chi connectivity index (χ4n) is 9.32. The van der Waals surface area contributed by atoms with E-state index in [1.165, 1.54) is 20.8 Å². The highest BCUT2D eigenvalue weighted by Crippen LogP contribution is 2.69. The van der Waals surface area contributed by atoms with Crippen molar-refractivity contribution in [1.82, 2.24) is 0 Å². The molecular weight excluding hydrogens is 556 g/mol. The molecule has 242 valence electrons. The van der Waals surface area contributed by atoms with Gasteiger partial charge in [0.1, 0.15) is 23.9 Å². The molecule has 0 amide bonds. The van der Waals surface area contributed by atoms with Crippen LogP contribution in [0.25, 0.3) is 0 Å². The van der Waals surface area contributed by atoms with E-state index in [0.717, 1.165) is 0 Å². The first kappa shape index (κ1) is 33.6. The minimum atomic E-state index is -1.52. The molecule has 0 bridgehead atoms. The van der Waals surface area contributed by atoms with Crippen LogP contribution in [0.2, 0.25) is 0 Å². The van der Waals surface area contributed by atoms with Gasteiger partial charge in [-0.25, -0.2) is 0 Å². The first-order valence-corrected chi connectivity index (χ1v) is 15.6. The Morgan fingerprint density at radius 1 is 0.953 bits per heavy atom. The second-order valence-corrected chi connectivity index (χ2v) is 14.9. The Balaban J connectivity index is 1.69. The number of hydrogen-bond donors (Lipinski definition) is 3. The molecule has 4 aliphatic rings. The van der Waals surface area contributed by atoms with Crippen molar-refractivity contribution in [3.05, 3.63) is 11.6 Å². The fourth-order valence-corrected chi connectivity index (χ4v) is 9.32. The van der Waals surface area contributed by atoms with Crippen molar-refractivity contribution in [1.29, 1.82) is 0 Å². The van der Waals surface area contributed by atoms with Crippen LogP contribution in [0.1, 0.15) is 107 Å². The molecule has 10 nitrogen and oxygen atoms in total. The van der Waals surface area contributed by atoms with Crippen LogP contribution in [0.5, 0.6) is 0 Å². The normalized spacial score (nSPS) is 39.3. The van der Waals surface area contributed by atoms with Gasteiger partial charge in [0.2, 0.25) is 0 Å². The summed E-state index contributed by atoms with van der Waals surface area (Å²) >= 11 is 0. The van der Waals surface area contributed by atoms with Gasteiger partial charge in [-0.3, -0.25) is 19.2 Å². The van der Waals surface area contributed by atoms with E-state index in [1.54, 1.807) is 26.8 Å². The topological polar surface area (TPSA) is 157 Å². The number of fused-ring (bicyclic) bond motifs is 5. The third-order valence-electron chi connectivity index (χ3n) is 11.4. The zero-order chi connectivity index (χ0) is 32.3. The number of carbonyl (C=O) groups is 4. The van der Waals surface area contributed by atoms with Gasteiger partial charge in [0, 0.05) is 32.1 Å². The molecule has 3 N–H and O–H groups in total. The van der Waals surface area contributed by atoms with Gasteiger partial charge < -0.3 is 29.5 Å². The highest BCUT2D eigenvalue weighted by atomic mass is 16.6. The number of ether oxygens (including phenoxy) is 3. The minimum absolute atomic E-state index is 0.150. The molecule has 1 unspecified atom stereocenters. The Labute approximate surface area is 254 Å². The lowest BCUT2D eigenvalue weighted by Crippen LogP contribution is -2.63. The van der Waals surface area contributed by atoms with Gasteiger partial charge in [0.05, 0.1) is 11.2 Å². The molecule has 4 rings (SSSR count). The number of carbonyl (C=O) groups excluding carboxylic acids is 4. The lowest BCUT2D eigenvalue weighted by Gasteiger charge is -2.61. The predicted molar refractivity (Wildman–Crippen MR) is 155 cm³/mol. The molecule has 0 radical (unpaired) electrons. The molecule has 0 saturated heterocycles. The maximum Gasteiger partial charge on any atom is 0.303 e. The maximum atomic E-state index is 13.8. The van der Waals surface area contributed by atoms with Crippen molar-refractivity contribution in [2.24, 2.45) is 28.6 Å². The van der Waals surface area contributed by atoms with Gasteiger partial charge in [-0.05, 0) is 101 Å². The number of hydrogen-bond acceptors (Lipinski definition) is 10. The standard InChI is InChI=1S/C33H50O10/c1-18(34)41-25-16-23-24(37)15-22-21(30(23,6)17-26(25)42-19(2)35)9-13-31(7)27(10-14-33(22,31)40)32(8,39)28(43-20(3)36)11-12-29(4,5)38/h15,21,23,25-28,38-40H,9-14,16-17H2,1-8H3/t21-,23-,25+,26-,27-,28?,30+,31+,32+,33+/m0/s1. The van der Waals surface area contributed by atoms with Gasteiger partial charge in [0.25, 0.3) is 0 Å². The van der Waals surface area contributed by atoms with Crippen molar-refractivity contribution >= 4 is 23.7 Å². The number of aliphatic hydroxyl groups is 3. The molecule has 0 aromatic carbocycles. The van der Waals surface area contributed by atoms with Crippen LogP contribution in [0.3, 0.4) is 0 Å². The molecule has 10 atom stereocenters. The molecule has 3 saturated carbocycles. The number of rotatable bonds is 8. The van der Waals surface area contributed by atoms with E-state index in [0.29, 0.717) is 44.1 Å². The zero-order valence-electron chi connectivity index (χ0n) is 26.9. The Morgan fingerprint density at radius 2 is 1.56 bits per heavy atom. The molecule has 0 heterocycles. The van der Waals surface area contributed by atoms with Gasteiger partial charge in [-0.2, -0.15) is 0 Å². The Kier molecular flexibility index (Phi) is 8.79. The summed E-state index contributed by atoms with van der Waals surface area (Å²) in [5.41, 5.74) is -4.77. The first-order valence-electron chi connectivity index (χ1n) is 15.6. The van der Waals surface area contributed by atoms with Crippen molar-refractivity contribution in [3.8, 4) is 0 Å². The highest BCUT2D eigenvalue weighted by molar-refractivity contribution is 5.95. The van der Waals surface area contributed by atoms with Gasteiger partial charge >= 0.3 is 17.9 Å². The average Bonchev–Trinajstić information content (AvgIpc) is 3.13. The summed E-state index contributed by atoms with van der Waals surface area (Å²) in [5.74, 6) is -2.81. The average molecular weight is 607 g/mol. The van der Waals surface area contributed by atoms with Gasteiger partial charge in [-0.15, -0.1) is 0 Å². The lowest BCUT2D eigenvalue weighted by molar-refractivity contribution is -0.196. The summed E-state index contributed by atoms with van der Waals surface area (Å²) in [6.45, 7) is 12.8. The largest absolute Gasteiger partial charge is 0.459 e. The molecule has 0 aliphatic heterocycles. The second kappa shape index (κ2) is 11.2. The zero-order valence-corrected chi connectivity index (χ0v) is 26.9. The Hall–Kier alpha value is -2.30. The Morgan fingerprint density at radius 3 is 2.12 bits per heavy atom. The van der Waals surface area contributed by atoms with Crippen LogP contribution < -0.4 is 0 Å². The quantitative estimate of drug-likeness (QED) is 0.276. The SMILES string of the molecule is CC(=O)OC(CCC(C)(C)O)[C@](C)(O)[C@H]1CC[C@@]2(O)C3=CC(=O)[C@@H]4C[C@@H](OC(C)=O)[C@@H](OC(C)=O)C[C@]4(C)[C@H]3CC[C@]12C.